The van der Waals surface area contributed by atoms with Crippen molar-refractivity contribution < 1.29 is 9.53 Å². The van der Waals surface area contributed by atoms with Crippen LogP contribution in [0, 0.1) is 5.92 Å². The highest BCUT2D eigenvalue weighted by Crippen LogP contribution is 2.29. The van der Waals surface area contributed by atoms with Gasteiger partial charge in [0.1, 0.15) is 5.65 Å². The number of nitrogens with zero attached hydrogens (tertiary/aromatic N) is 3. The molecule has 0 radical (unpaired) electrons. The van der Waals surface area contributed by atoms with Gasteiger partial charge in [0.2, 0.25) is 5.91 Å². The Labute approximate surface area is 171 Å². The van der Waals surface area contributed by atoms with Gasteiger partial charge in [0.25, 0.3) is 0 Å². The van der Waals surface area contributed by atoms with Gasteiger partial charge in [-0.3, -0.25) is 4.79 Å². The molecule has 5 heteroatoms. The zero-order valence-electron chi connectivity index (χ0n) is 16.7. The highest BCUT2D eigenvalue weighted by atomic mass is 16.5. The van der Waals surface area contributed by atoms with E-state index in [1.165, 1.54) is 16.7 Å². The lowest BCUT2D eigenvalue weighted by atomic mass is 9.88. The number of hydrogen-bond acceptors (Lipinski definition) is 3. The summed E-state index contributed by atoms with van der Waals surface area (Å²) < 4.78 is 7.42. The Morgan fingerprint density at radius 1 is 1.03 bits per heavy atom. The summed E-state index contributed by atoms with van der Waals surface area (Å²) in [6.07, 6.45) is 9.50. The molecular formula is C24H27N3O2. The molecule has 5 nitrogen and oxygen atoms in total. The van der Waals surface area contributed by atoms with Crippen LogP contribution in [0.4, 0.5) is 0 Å². The lowest BCUT2D eigenvalue weighted by Crippen LogP contribution is -2.49. The van der Waals surface area contributed by atoms with Crippen molar-refractivity contribution in [1.29, 1.82) is 0 Å². The molecule has 0 unspecified atom stereocenters. The van der Waals surface area contributed by atoms with E-state index in [2.05, 4.69) is 47.6 Å². The molecule has 2 fully saturated rings. The van der Waals surface area contributed by atoms with Gasteiger partial charge in [-0.2, -0.15) is 0 Å². The molecule has 3 aromatic rings. The van der Waals surface area contributed by atoms with Crippen molar-refractivity contribution in [3.05, 3.63) is 71.7 Å². The number of pyridine rings is 1. The summed E-state index contributed by atoms with van der Waals surface area (Å²) in [7, 11) is 0. The Bertz CT molecular complexity index is 983. The first-order chi connectivity index (χ1) is 14.2. The maximum atomic E-state index is 12.5. The van der Waals surface area contributed by atoms with Crippen molar-refractivity contribution in [2.45, 2.75) is 31.6 Å². The number of carbonyl (C=O) groups excluding carboxylic acids is 1. The van der Waals surface area contributed by atoms with Gasteiger partial charge in [0.15, 0.2) is 0 Å². The van der Waals surface area contributed by atoms with Crippen LogP contribution in [0.1, 0.15) is 41.9 Å². The molecule has 1 aromatic carbocycles. The fraction of sp³-hybridized carbons (Fsp3) is 0.417. The Morgan fingerprint density at radius 2 is 1.83 bits per heavy atom. The standard InChI is InChI=1S/C24H27N3O2/c28-24(15-19-6-11-29-12-7-19)27-16-22(17-27)21-3-1-18(2-4-21)13-20-5-9-26-10-8-25-23(26)14-20/h1-5,8-10,14,19,22H,6-7,11-13,15-17H2. The number of aromatic nitrogens is 2. The molecule has 150 valence electrons. The molecule has 0 spiro atoms. The topological polar surface area (TPSA) is 46.8 Å². The lowest BCUT2D eigenvalue weighted by Gasteiger charge is -2.40. The van der Waals surface area contributed by atoms with Gasteiger partial charge in [-0.15, -0.1) is 0 Å². The van der Waals surface area contributed by atoms with Crippen LogP contribution in [0.3, 0.4) is 0 Å². The molecule has 29 heavy (non-hydrogen) atoms. The third kappa shape index (κ3) is 4.06. The number of hydrogen-bond donors (Lipinski definition) is 0. The molecule has 2 aromatic heterocycles. The minimum atomic E-state index is 0.319. The van der Waals surface area contributed by atoms with Crippen molar-refractivity contribution in [3.63, 3.8) is 0 Å². The molecule has 2 saturated heterocycles. The highest BCUT2D eigenvalue weighted by molar-refractivity contribution is 5.77. The van der Waals surface area contributed by atoms with E-state index in [4.69, 9.17) is 4.74 Å². The molecular weight excluding hydrogens is 362 g/mol. The Balaban J connectivity index is 1.14. The van der Waals surface area contributed by atoms with Crippen LogP contribution in [0.5, 0.6) is 0 Å². The number of rotatable bonds is 5. The summed E-state index contributed by atoms with van der Waals surface area (Å²) in [6.45, 7) is 3.33. The van der Waals surface area contributed by atoms with Gasteiger partial charge < -0.3 is 14.0 Å². The average molecular weight is 389 g/mol. The smallest absolute Gasteiger partial charge is 0.222 e. The van der Waals surface area contributed by atoms with Gasteiger partial charge in [0, 0.05) is 57.2 Å². The van der Waals surface area contributed by atoms with Crippen LogP contribution in [0.2, 0.25) is 0 Å². The van der Waals surface area contributed by atoms with Crippen LogP contribution < -0.4 is 0 Å². The number of carbonyl (C=O) groups is 1. The molecule has 0 atom stereocenters. The number of benzene rings is 1. The van der Waals surface area contributed by atoms with Gasteiger partial charge >= 0.3 is 0 Å². The second-order valence-corrected chi connectivity index (χ2v) is 8.40. The predicted octanol–water partition coefficient (Wildman–Crippen LogP) is 3.67. The highest BCUT2D eigenvalue weighted by Gasteiger charge is 2.32. The lowest BCUT2D eigenvalue weighted by molar-refractivity contribution is -0.137. The van der Waals surface area contributed by atoms with Crippen molar-refractivity contribution in [3.8, 4) is 0 Å². The third-order valence-corrected chi connectivity index (χ3v) is 6.36. The van der Waals surface area contributed by atoms with Gasteiger partial charge in [-0.25, -0.2) is 4.98 Å². The number of amides is 1. The Morgan fingerprint density at radius 3 is 2.62 bits per heavy atom. The van der Waals surface area contributed by atoms with Crippen molar-refractivity contribution in [2.24, 2.45) is 5.92 Å². The summed E-state index contributed by atoms with van der Waals surface area (Å²) in [6, 6.07) is 13.2. The molecule has 1 amide bonds. The fourth-order valence-corrected chi connectivity index (χ4v) is 4.43. The zero-order valence-corrected chi connectivity index (χ0v) is 16.7. The first kappa shape index (κ1) is 18.4. The normalized spacial score (nSPS) is 18.1. The molecule has 0 N–H and O–H groups in total. The maximum absolute atomic E-state index is 12.5. The largest absolute Gasteiger partial charge is 0.381 e. The molecule has 2 aliphatic rings. The molecule has 0 saturated carbocycles. The molecule has 4 heterocycles. The van der Waals surface area contributed by atoms with Crippen molar-refractivity contribution >= 4 is 11.6 Å². The van der Waals surface area contributed by atoms with Crippen molar-refractivity contribution in [2.75, 3.05) is 26.3 Å². The van der Waals surface area contributed by atoms with Gasteiger partial charge in [-0.1, -0.05) is 24.3 Å². The summed E-state index contributed by atoms with van der Waals surface area (Å²) in [5.74, 6) is 1.30. The second kappa shape index (κ2) is 7.99. The predicted molar refractivity (Wildman–Crippen MR) is 112 cm³/mol. The maximum Gasteiger partial charge on any atom is 0.222 e. The van der Waals surface area contributed by atoms with E-state index in [0.717, 1.165) is 51.2 Å². The summed E-state index contributed by atoms with van der Waals surface area (Å²) >= 11 is 0. The van der Waals surface area contributed by atoms with E-state index in [-0.39, 0.29) is 0 Å². The number of likely N-dealkylation sites (tertiary alicyclic amines) is 1. The SMILES string of the molecule is O=C(CC1CCOCC1)N1CC(c2ccc(Cc3ccn4ccnc4c3)cc2)C1. The van der Waals surface area contributed by atoms with E-state index in [0.29, 0.717) is 24.2 Å². The van der Waals surface area contributed by atoms with Crippen LogP contribution in [0.15, 0.2) is 55.0 Å². The average Bonchev–Trinajstić information content (AvgIpc) is 3.17. The van der Waals surface area contributed by atoms with E-state index in [9.17, 15) is 4.79 Å². The van der Waals surface area contributed by atoms with Crippen LogP contribution in [-0.4, -0.2) is 46.5 Å². The zero-order chi connectivity index (χ0) is 19.6. The molecule has 5 rings (SSSR count). The summed E-state index contributed by atoms with van der Waals surface area (Å²) in [4.78, 5) is 18.9. The minimum Gasteiger partial charge on any atom is -0.381 e. The third-order valence-electron chi connectivity index (χ3n) is 6.36. The first-order valence-corrected chi connectivity index (χ1v) is 10.6. The van der Waals surface area contributed by atoms with Crippen molar-refractivity contribution in [1.82, 2.24) is 14.3 Å². The number of ether oxygens (including phenoxy) is 1. The number of fused-ring (bicyclic) bond motifs is 1. The summed E-state index contributed by atoms with van der Waals surface area (Å²) in [5, 5.41) is 0. The quantitative estimate of drug-likeness (QED) is 0.669. The van der Waals surface area contributed by atoms with Crippen LogP contribution in [0.25, 0.3) is 5.65 Å². The molecule has 2 aliphatic heterocycles. The summed E-state index contributed by atoms with van der Waals surface area (Å²) in [5.41, 5.74) is 4.90. The molecule has 0 aliphatic carbocycles. The van der Waals surface area contributed by atoms with E-state index < -0.39 is 0 Å². The second-order valence-electron chi connectivity index (χ2n) is 8.40. The van der Waals surface area contributed by atoms with E-state index in [1.54, 1.807) is 0 Å². The van der Waals surface area contributed by atoms with Crippen LogP contribution in [-0.2, 0) is 16.0 Å². The monoisotopic (exact) mass is 389 g/mol. The van der Waals surface area contributed by atoms with E-state index >= 15 is 0 Å². The van der Waals surface area contributed by atoms with Crippen LogP contribution >= 0.6 is 0 Å². The molecule has 0 bridgehead atoms. The number of imidazole rings is 1. The Hall–Kier alpha value is -2.66. The van der Waals surface area contributed by atoms with Gasteiger partial charge in [-0.05, 0) is 54.0 Å². The first-order valence-electron chi connectivity index (χ1n) is 10.6. The van der Waals surface area contributed by atoms with Gasteiger partial charge in [0.05, 0.1) is 0 Å². The fourth-order valence-electron chi connectivity index (χ4n) is 4.43. The minimum absolute atomic E-state index is 0.319. The van der Waals surface area contributed by atoms with E-state index in [1.807, 2.05) is 21.7 Å². The Kier molecular flexibility index (Phi) is 5.06.